The number of nitrogens with zero attached hydrogens (tertiary/aromatic N) is 1. The number of hydrogen-bond acceptors (Lipinski definition) is 3. The Bertz CT molecular complexity index is 549. The van der Waals surface area contributed by atoms with Crippen molar-refractivity contribution in [3.8, 4) is 0 Å². The van der Waals surface area contributed by atoms with Gasteiger partial charge in [0.1, 0.15) is 11.6 Å². The van der Waals surface area contributed by atoms with Crippen LogP contribution in [0.25, 0.3) is 0 Å². The van der Waals surface area contributed by atoms with E-state index in [1.165, 1.54) is 12.1 Å². The summed E-state index contributed by atoms with van der Waals surface area (Å²) in [6.07, 6.45) is 1.72. The van der Waals surface area contributed by atoms with Crippen LogP contribution < -0.4 is 4.72 Å². The number of hydrogen-bond donors (Lipinski definition) is 1. The Hall–Kier alpha value is -1.05. The van der Waals surface area contributed by atoms with Gasteiger partial charge in [-0.1, -0.05) is 13.0 Å². The number of sulfonamides is 1. The van der Waals surface area contributed by atoms with Crippen molar-refractivity contribution < 1.29 is 17.2 Å². The van der Waals surface area contributed by atoms with Gasteiger partial charge in [0.05, 0.1) is 6.26 Å². The van der Waals surface area contributed by atoms with Crippen molar-refractivity contribution in [2.45, 2.75) is 19.4 Å². The van der Waals surface area contributed by atoms with Crippen LogP contribution in [-0.2, 0) is 10.0 Å². The lowest BCUT2D eigenvalue weighted by atomic mass is 10.0. The summed E-state index contributed by atoms with van der Waals surface area (Å²) in [5.74, 6) is -1.19. The second-order valence-corrected chi connectivity index (χ2v) is 6.57. The molecule has 0 radical (unpaired) electrons. The smallest absolute Gasteiger partial charge is 0.208 e. The summed E-state index contributed by atoms with van der Waals surface area (Å²) in [6.45, 7) is 2.57. The summed E-state index contributed by atoms with van der Waals surface area (Å²) < 4.78 is 51.0. The average Bonchev–Trinajstić information content (AvgIpc) is 2.31. The summed E-state index contributed by atoms with van der Waals surface area (Å²) in [7, 11) is -1.45. The number of likely N-dealkylation sites (N-methyl/N-ethyl adjacent to an activating group) is 1. The molecule has 1 N–H and O–H groups in total. The van der Waals surface area contributed by atoms with Gasteiger partial charge < -0.3 is 0 Å². The van der Waals surface area contributed by atoms with Gasteiger partial charge >= 0.3 is 0 Å². The van der Waals surface area contributed by atoms with Gasteiger partial charge in [-0.15, -0.1) is 0 Å². The molecule has 0 bridgehead atoms. The molecule has 0 saturated carbocycles. The van der Waals surface area contributed by atoms with Gasteiger partial charge in [-0.3, -0.25) is 4.90 Å². The predicted molar refractivity (Wildman–Crippen MR) is 74.9 cm³/mol. The predicted octanol–water partition coefficient (Wildman–Crippen LogP) is 1.90. The third kappa shape index (κ3) is 5.15. The molecular weight excluding hydrogens is 286 g/mol. The lowest BCUT2D eigenvalue weighted by Gasteiger charge is -2.27. The molecule has 1 aromatic rings. The van der Waals surface area contributed by atoms with Crippen molar-refractivity contribution in [1.29, 1.82) is 0 Å². The second-order valence-electron chi connectivity index (χ2n) is 4.74. The van der Waals surface area contributed by atoms with Gasteiger partial charge in [0.15, 0.2) is 0 Å². The molecule has 0 fully saturated rings. The molecule has 4 nitrogen and oxygen atoms in total. The van der Waals surface area contributed by atoms with Gasteiger partial charge in [0.2, 0.25) is 10.0 Å². The van der Waals surface area contributed by atoms with E-state index in [0.29, 0.717) is 18.5 Å². The van der Waals surface area contributed by atoms with E-state index in [4.69, 9.17) is 0 Å². The zero-order chi connectivity index (χ0) is 15.3. The van der Waals surface area contributed by atoms with E-state index >= 15 is 0 Å². The van der Waals surface area contributed by atoms with Crippen LogP contribution in [0, 0.1) is 11.6 Å². The fourth-order valence-electron chi connectivity index (χ4n) is 2.10. The highest BCUT2D eigenvalue weighted by Gasteiger charge is 2.19. The first-order valence-electron chi connectivity index (χ1n) is 6.34. The number of nitrogens with one attached hydrogen (secondary N) is 1. The maximum atomic E-state index is 13.8. The lowest BCUT2D eigenvalue weighted by Crippen LogP contribution is -2.34. The fourth-order valence-corrected chi connectivity index (χ4v) is 2.57. The Labute approximate surface area is 118 Å². The summed E-state index contributed by atoms with van der Waals surface area (Å²) >= 11 is 0. The van der Waals surface area contributed by atoms with Gasteiger partial charge in [-0.25, -0.2) is 21.9 Å². The molecule has 7 heteroatoms. The van der Waals surface area contributed by atoms with E-state index in [-0.39, 0.29) is 12.6 Å². The van der Waals surface area contributed by atoms with Crippen LogP contribution in [-0.4, -0.2) is 39.7 Å². The van der Waals surface area contributed by atoms with E-state index in [0.717, 1.165) is 12.3 Å². The van der Waals surface area contributed by atoms with Crippen LogP contribution >= 0.6 is 0 Å². The Morgan fingerprint density at radius 1 is 1.35 bits per heavy atom. The maximum Gasteiger partial charge on any atom is 0.208 e. The topological polar surface area (TPSA) is 49.4 Å². The molecule has 1 aromatic carbocycles. The first-order chi connectivity index (χ1) is 9.24. The molecule has 20 heavy (non-hydrogen) atoms. The van der Waals surface area contributed by atoms with E-state index in [9.17, 15) is 17.2 Å². The Balaban J connectivity index is 2.74. The van der Waals surface area contributed by atoms with Gasteiger partial charge in [0, 0.05) is 30.8 Å². The van der Waals surface area contributed by atoms with Gasteiger partial charge in [-0.05, 0) is 19.5 Å². The SMILES string of the molecule is CCC(c1ccc(F)cc1F)N(C)CCNS(C)(=O)=O. The largest absolute Gasteiger partial charge is 0.298 e. The van der Waals surface area contributed by atoms with Crippen molar-refractivity contribution >= 4 is 10.0 Å². The monoisotopic (exact) mass is 306 g/mol. The minimum atomic E-state index is -3.23. The molecule has 0 heterocycles. The second kappa shape index (κ2) is 7.10. The van der Waals surface area contributed by atoms with Crippen molar-refractivity contribution in [1.82, 2.24) is 9.62 Å². The van der Waals surface area contributed by atoms with Crippen molar-refractivity contribution in [2.75, 3.05) is 26.4 Å². The molecule has 0 amide bonds. The standard InChI is InChI=1S/C13H20F2N2O2S/c1-4-13(11-6-5-10(14)9-12(11)15)17(2)8-7-16-20(3,18)19/h5-6,9,13,16H,4,7-8H2,1-3H3. The van der Waals surface area contributed by atoms with Crippen molar-refractivity contribution in [2.24, 2.45) is 0 Å². The molecular formula is C13H20F2N2O2S. The Kier molecular flexibility index (Phi) is 6.04. The summed E-state index contributed by atoms with van der Waals surface area (Å²) in [6, 6.07) is 3.29. The average molecular weight is 306 g/mol. The zero-order valence-electron chi connectivity index (χ0n) is 11.9. The third-order valence-electron chi connectivity index (χ3n) is 3.07. The summed E-state index contributed by atoms with van der Waals surface area (Å²) in [4.78, 5) is 1.84. The highest BCUT2D eigenvalue weighted by molar-refractivity contribution is 7.88. The van der Waals surface area contributed by atoms with E-state index in [1.807, 2.05) is 11.8 Å². The van der Waals surface area contributed by atoms with Crippen molar-refractivity contribution in [3.05, 3.63) is 35.4 Å². The number of benzene rings is 1. The highest BCUT2D eigenvalue weighted by atomic mass is 32.2. The maximum absolute atomic E-state index is 13.8. The van der Waals surface area contributed by atoms with Crippen LogP contribution in [0.4, 0.5) is 8.78 Å². The lowest BCUT2D eigenvalue weighted by molar-refractivity contribution is 0.237. The number of rotatable bonds is 7. The molecule has 1 unspecified atom stereocenters. The van der Waals surface area contributed by atoms with Crippen LogP contribution in [0.5, 0.6) is 0 Å². The third-order valence-corrected chi connectivity index (χ3v) is 3.80. The molecule has 0 aliphatic carbocycles. The van der Waals surface area contributed by atoms with Crippen LogP contribution in [0.3, 0.4) is 0 Å². The van der Waals surface area contributed by atoms with Crippen molar-refractivity contribution in [3.63, 3.8) is 0 Å². The minimum Gasteiger partial charge on any atom is -0.298 e. The van der Waals surface area contributed by atoms with E-state index < -0.39 is 21.7 Å². The quantitative estimate of drug-likeness (QED) is 0.837. The Morgan fingerprint density at radius 2 is 2.00 bits per heavy atom. The normalized spacial score (nSPS) is 13.7. The molecule has 1 rings (SSSR count). The van der Waals surface area contributed by atoms with Crippen LogP contribution in [0.2, 0.25) is 0 Å². The number of halogens is 2. The molecule has 0 saturated heterocycles. The molecule has 0 aromatic heterocycles. The zero-order valence-corrected chi connectivity index (χ0v) is 12.7. The highest BCUT2D eigenvalue weighted by Crippen LogP contribution is 2.25. The summed E-state index contributed by atoms with van der Waals surface area (Å²) in [5.41, 5.74) is 0.413. The fraction of sp³-hybridized carbons (Fsp3) is 0.538. The molecule has 1 atom stereocenters. The first kappa shape index (κ1) is 17.0. The van der Waals surface area contributed by atoms with Gasteiger partial charge in [0.25, 0.3) is 0 Å². The minimum absolute atomic E-state index is 0.225. The Morgan fingerprint density at radius 3 is 2.50 bits per heavy atom. The first-order valence-corrected chi connectivity index (χ1v) is 8.23. The molecule has 0 spiro atoms. The van der Waals surface area contributed by atoms with E-state index in [1.54, 1.807) is 7.05 Å². The molecule has 0 aliphatic heterocycles. The molecule has 114 valence electrons. The van der Waals surface area contributed by atoms with Crippen LogP contribution in [0.1, 0.15) is 24.9 Å². The van der Waals surface area contributed by atoms with E-state index in [2.05, 4.69) is 4.72 Å². The molecule has 0 aliphatic rings. The van der Waals surface area contributed by atoms with Crippen LogP contribution in [0.15, 0.2) is 18.2 Å². The van der Waals surface area contributed by atoms with Gasteiger partial charge in [-0.2, -0.15) is 0 Å². The summed E-state index contributed by atoms with van der Waals surface area (Å²) in [5, 5.41) is 0.